The molecule has 0 spiro atoms. The molecule has 3 nitrogen and oxygen atoms in total. The maximum Gasteiger partial charge on any atom is 0.0259 e. The fourth-order valence-electron chi connectivity index (χ4n) is 3.49. The third-order valence-corrected chi connectivity index (χ3v) is 5.61. The average Bonchev–Trinajstić information content (AvgIpc) is 2.42. The van der Waals surface area contributed by atoms with Crippen LogP contribution in [0.2, 0.25) is 0 Å². The van der Waals surface area contributed by atoms with E-state index in [0.29, 0.717) is 5.41 Å². The maximum atomic E-state index is 3.78. The maximum absolute atomic E-state index is 3.78. The van der Waals surface area contributed by atoms with E-state index in [1.54, 1.807) is 0 Å². The molecule has 1 N–H and O–H groups in total. The zero-order valence-corrected chi connectivity index (χ0v) is 13.4. The summed E-state index contributed by atoms with van der Waals surface area (Å²) in [6.45, 7) is 12.0. The number of hydrogen-bond donors (Lipinski definition) is 1. The topological polar surface area (TPSA) is 18.5 Å². The van der Waals surface area contributed by atoms with Crippen LogP contribution in [0.3, 0.4) is 0 Å². The number of piperazine rings is 1. The molecule has 2 rings (SSSR count). The van der Waals surface area contributed by atoms with E-state index in [-0.39, 0.29) is 0 Å². The van der Waals surface area contributed by atoms with Crippen molar-refractivity contribution in [2.24, 2.45) is 11.3 Å². The number of rotatable bonds is 4. The first-order chi connectivity index (χ1) is 9.01. The summed E-state index contributed by atoms with van der Waals surface area (Å²) in [7, 11) is 2.22. The molecule has 112 valence electrons. The van der Waals surface area contributed by atoms with E-state index in [2.05, 4.69) is 43.2 Å². The lowest BCUT2D eigenvalue weighted by Crippen LogP contribution is -2.54. The minimum absolute atomic E-state index is 0.540. The van der Waals surface area contributed by atoms with E-state index < -0.39 is 0 Å². The van der Waals surface area contributed by atoms with E-state index in [0.717, 1.165) is 12.0 Å². The molecule has 0 radical (unpaired) electrons. The van der Waals surface area contributed by atoms with Gasteiger partial charge >= 0.3 is 0 Å². The Kier molecular flexibility index (Phi) is 5.27. The summed E-state index contributed by atoms with van der Waals surface area (Å²) >= 11 is 0. The highest BCUT2D eigenvalue weighted by molar-refractivity contribution is 4.85. The molecular weight excluding hydrogens is 234 g/mol. The molecule has 1 saturated carbocycles. The normalized spacial score (nSPS) is 31.6. The van der Waals surface area contributed by atoms with Crippen LogP contribution in [-0.2, 0) is 0 Å². The summed E-state index contributed by atoms with van der Waals surface area (Å²) in [5, 5.41) is 2.45. The quantitative estimate of drug-likeness (QED) is 0.845. The van der Waals surface area contributed by atoms with Gasteiger partial charge in [-0.05, 0) is 44.1 Å². The molecule has 0 unspecified atom stereocenters. The van der Waals surface area contributed by atoms with Gasteiger partial charge in [0.1, 0.15) is 0 Å². The third-order valence-electron chi connectivity index (χ3n) is 5.61. The minimum atomic E-state index is 0.540. The monoisotopic (exact) mass is 267 g/mol. The van der Waals surface area contributed by atoms with Crippen LogP contribution in [0.15, 0.2) is 0 Å². The summed E-state index contributed by atoms with van der Waals surface area (Å²) in [6.07, 6.45) is 6.85. The van der Waals surface area contributed by atoms with Crippen molar-refractivity contribution >= 4 is 0 Å². The van der Waals surface area contributed by atoms with Crippen LogP contribution in [0, 0.1) is 11.3 Å². The number of hydrogen-bond acceptors (Lipinski definition) is 3. The van der Waals surface area contributed by atoms with Crippen molar-refractivity contribution in [1.82, 2.24) is 15.3 Å². The van der Waals surface area contributed by atoms with Gasteiger partial charge in [0.15, 0.2) is 0 Å². The molecule has 2 fully saturated rings. The largest absolute Gasteiger partial charge is 0.304 e. The second kappa shape index (κ2) is 6.55. The molecule has 1 saturated heterocycles. The summed E-state index contributed by atoms with van der Waals surface area (Å²) in [6, 6.07) is 0.729. The molecular formula is C16H33N3. The van der Waals surface area contributed by atoms with Gasteiger partial charge in [-0.25, -0.2) is 5.01 Å². The van der Waals surface area contributed by atoms with E-state index in [1.165, 1.54) is 58.3 Å². The second-order valence-corrected chi connectivity index (χ2v) is 7.31. The molecule has 1 aliphatic carbocycles. The first-order valence-corrected chi connectivity index (χ1v) is 8.21. The van der Waals surface area contributed by atoms with Gasteiger partial charge in [-0.2, -0.15) is 0 Å². The number of nitrogens with zero attached hydrogens (tertiary/aromatic N) is 2. The number of likely N-dealkylation sites (N-methyl/N-ethyl adjacent to an activating group) is 1. The second-order valence-electron chi connectivity index (χ2n) is 7.31. The molecule has 19 heavy (non-hydrogen) atoms. The Bertz CT molecular complexity index is 261. The Morgan fingerprint density at radius 2 is 1.58 bits per heavy atom. The highest BCUT2D eigenvalue weighted by Gasteiger charge is 2.32. The van der Waals surface area contributed by atoms with Crippen LogP contribution in [0.5, 0.6) is 0 Å². The molecule has 0 amide bonds. The van der Waals surface area contributed by atoms with Gasteiger partial charge in [0.2, 0.25) is 0 Å². The van der Waals surface area contributed by atoms with E-state index in [1.807, 2.05) is 0 Å². The van der Waals surface area contributed by atoms with Crippen LogP contribution >= 0.6 is 0 Å². The van der Waals surface area contributed by atoms with Gasteiger partial charge in [0.05, 0.1) is 0 Å². The van der Waals surface area contributed by atoms with Crippen molar-refractivity contribution < 1.29 is 0 Å². The molecule has 1 heterocycles. The molecule has 2 aliphatic rings. The highest BCUT2D eigenvalue weighted by atomic mass is 15.5. The summed E-state index contributed by atoms with van der Waals surface area (Å²) < 4.78 is 0. The van der Waals surface area contributed by atoms with Gasteiger partial charge < -0.3 is 4.90 Å². The van der Waals surface area contributed by atoms with Crippen LogP contribution < -0.4 is 5.43 Å². The lowest BCUT2D eigenvalue weighted by atomic mass is 9.69. The zero-order chi connectivity index (χ0) is 13.9. The van der Waals surface area contributed by atoms with Gasteiger partial charge in [0.25, 0.3) is 0 Å². The minimum Gasteiger partial charge on any atom is -0.304 e. The number of nitrogens with one attached hydrogen (secondary N) is 1. The summed E-state index contributed by atoms with van der Waals surface area (Å²) in [5.74, 6) is 0.933. The smallest absolute Gasteiger partial charge is 0.0259 e. The predicted octanol–water partition coefficient (Wildman–Crippen LogP) is 2.73. The number of hydrazine groups is 1. The van der Waals surface area contributed by atoms with Crippen molar-refractivity contribution in [3.8, 4) is 0 Å². The SMILES string of the molecule is CCC(C)(C)C1CCC(NN2CCN(C)CC2)CC1. The Balaban J connectivity index is 1.72. The average molecular weight is 267 g/mol. The molecule has 0 aromatic carbocycles. The van der Waals surface area contributed by atoms with Crippen molar-refractivity contribution in [3.63, 3.8) is 0 Å². The van der Waals surface area contributed by atoms with Crippen LogP contribution in [0.1, 0.15) is 52.9 Å². The van der Waals surface area contributed by atoms with E-state index in [4.69, 9.17) is 0 Å². The fraction of sp³-hybridized carbons (Fsp3) is 1.00. The predicted molar refractivity (Wildman–Crippen MR) is 82.0 cm³/mol. The molecule has 0 aromatic rings. The molecule has 1 aliphatic heterocycles. The van der Waals surface area contributed by atoms with Crippen LogP contribution in [-0.4, -0.2) is 49.2 Å². The first kappa shape index (κ1) is 15.3. The third kappa shape index (κ3) is 4.17. The standard InChI is InChI=1S/C16H33N3/c1-5-16(2,3)14-6-8-15(9-7-14)17-19-12-10-18(4)11-13-19/h14-15,17H,5-13H2,1-4H3. The first-order valence-electron chi connectivity index (χ1n) is 8.21. The lowest BCUT2D eigenvalue weighted by molar-refractivity contribution is 0.0600. The van der Waals surface area contributed by atoms with Gasteiger partial charge in [0, 0.05) is 32.2 Å². The van der Waals surface area contributed by atoms with Crippen molar-refractivity contribution in [2.45, 2.75) is 58.9 Å². The van der Waals surface area contributed by atoms with Gasteiger partial charge in [-0.3, -0.25) is 5.43 Å². The fourth-order valence-corrected chi connectivity index (χ4v) is 3.49. The molecule has 0 aromatic heterocycles. The molecule has 0 bridgehead atoms. The van der Waals surface area contributed by atoms with Gasteiger partial charge in [-0.1, -0.05) is 27.2 Å². The Hall–Kier alpha value is -0.120. The molecule has 0 atom stereocenters. The van der Waals surface area contributed by atoms with Crippen LogP contribution in [0.25, 0.3) is 0 Å². The molecule has 3 heteroatoms. The summed E-state index contributed by atoms with van der Waals surface area (Å²) in [4.78, 5) is 2.42. The van der Waals surface area contributed by atoms with E-state index >= 15 is 0 Å². The van der Waals surface area contributed by atoms with Crippen molar-refractivity contribution in [2.75, 3.05) is 33.2 Å². The van der Waals surface area contributed by atoms with Crippen molar-refractivity contribution in [1.29, 1.82) is 0 Å². The highest BCUT2D eigenvalue weighted by Crippen LogP contribution is 2.40. The van der Waals surface area contributed by atoms with Crippen LogP contribution in [0.4, 0.5) is 0 Å². The summed E-state index contributed by atoms with van der Waals surface area (Å²) in [5.41, 5.74) is 4.32. The Morgan fingerprint density at radius 1 is 1.00 bits per heavy atom. The lowest BCUT2D eigenvalue weighted by Gasteiger charge is -2.41. The van der Waals surface area contributed by atoms with Gasteiger partial charge in [-0.15, -0.1) is 0 Å². The zero-order valence-electron chi connectivity index (χ0n) is 13.4. The Labute approximate surface area is 119 Å². The van der Waals surface area contributed by atoms with E-state index in [9.17, 15) is 0 Å². The van der Waals surface area contributed by atoms with Crippen molar-refractivity contribution in [3.05, 3.63) is 0 Å². The Morgan fingerprint density at radius 3 is 2.11 bits per heavy atom.